The Labute approximate surface area is 148 Å². The number of hydrogen-bond donors (Lipinski definition) is 2. The van der Waals surface area contributed by atoms with E-state index in [1.54, 1.807) is 0 Å². The van der Waals surface area contributed by atoms with Crippen LogP contribution in [0.15, 0.2) is 24.3 Å². The van der Waals surface area contributed by atoms with E-state index in [0.717, 1.165) is 70.0 Å². The Kier molecular flexibility index (Phi) is 4.55. The molecule has 4 N–H and O–H groups in total. The normalized spacial score (nSPS) is 17.2. The molecular weight excluding hydrogens is 312 g/mol. The molecule has 25 heavy (non-hydrogen) atoms. The zero-order chi connectivity index (χ0) is 17.2. The molecule has 0 spiro atoms. The van der Waals surface area contributed by atoms with Gasteiger partial charge in [-0.3, -0.25) is 4.90 Å². The van der Waals surface area contributed by atoms with Crippen molar-refractivity contribution < 1.29 is 0 Å². The monoisotopic (exact) mass is 338 g/mol. The van der Waals surface area contributed by atoms with Crippen LogP contribution in [0.1, 0.15) is 17.5 Å². The molecule has 0 bridgehead atoms. The Morgan fingerprint density at radius 2 is 1.80 bits per heavy atom. The third-order valence-corrected chi connectivity index (χ3v) is 5.27. The number of nitrogen functional groups attached to an aromatic ring is 1. The number of hydrogen-bond acceptors (Lipinski definition) is 6. The van der Waals surface area contributed by atoms with E-state index >= 15 is 0 Å². The molecule has 0 unspecified atom stereocenters. The van der Waals surface area contributed by atoms with E-state index in [1.165, 1.54) is 16.7 Å². The largest absolute Gasteiger partial charge is 0.368 e. The summed E-state index contributed by atoms with van der Waals surface area (Å²) in [6.45, 7) is 5.91. The Hall–Kier alpha value is -2.18. The average Bonchev–Trinajstić information content (AvgIpc) is 2.66. The van der Waals surface area contributed by atoms with Crippen molar-refractivity contribution in [2.75, 3.05) is 49.9 Å². The molecule has 1 aromatic carbocycles. The summed E-state index contributed by atoms with van der Waals surface area (Å²) in [5, 5.41) is 0. The third kappa shape index (κ3) is 3.19. The van der Waals surface area contributed by atoms with Crippen LogP contribution in [0.2, 0.25) is 0 Å². The zero-order valence-corrected chi connectivity index (χ0v) is 14.6. The Bertz CT molecular complexity index is 752. The number of nitrogens with two attached hydrogens (primary N) is 2. The quantitative estimate of drug-likeness (QED) is 0.874. The van der Waals surface area contributed by atoms with Gasteiger partial charge in [-0.25, -0.2) is 4.98 Å². The smallest absolute Gasteiger partial charge is 0.222 e. The van der Waals surface area contributed by atoms with Crippen LogP contribution in [0, 0.1) is 0 Å². The summed E-state index contributed by atoms with van der Waals surface area (Å²) >= 11 is 0. The highest BCUT2D eigenvalue weighted by molar-refractivity contribution is 5.75. The van der Waals surface area contributed by atoms with Crippen molar-refractivity contribution >= 4 is 11.8 Å². The van der Waals surface area contributed by atoms with Crippen LogP contribution in [0.3, 0.4) is 0 Å². The van der Waals surface area contributed by atoms with Crippen molar-refractivity contribution in [2.24, 2.45) is 5.73 Å². The van der Waals surface area contributed by atoms with Crippen LogP contribution in [-0.4, -0.2) is 54.1 Å². The first-order valence-electron chi connectivity index (χ1n) is 9.18. The van der Waals surface area contributed by atoms with Crippen molar-refractivity contribution in [3.05, 3.63) is 35.4 Å². The topological polar surface area (TPSA) is 84.3 Å². The summed E-state index contributed by atoms with van der Waals surface area (Å²) < 4.78 is 0. The first kappa shape index (κ1) is 16.3. The van der Waals surface area contributed by atoms with Crippen molar-refractivity contribution in [1.82, 2.24) is 14.9 Å². The van der Waals surface area contributed by atoms with Crippen molar-refractivity contribution in [2.45, 2.75) is 19.3 Å². The Balaban J connectivity index is 1.61. The van der Waals surface area contributed by atoms with E-state index in [9.17, 15) is 0 Å². The predicted octanol–water partition coefficient (Wildman–Crippen LogP) is 1.30. The van der Waals surface area contributed by atoms with Crippen molar-refractivity contribution in [1.29, 1.82) is 0 Å². The fourth-order valence-electron chi connectivity index (χ4n) is 3.93. The standard InChI is InChI=1S/C19H26N6/c20-8-3-9-24-10-12-25(13-11-24)18-16-7-6-14-4-1-2-5-15(14)17(16)22-19(21)23-18/h1-2,4-5H,3,6-13,20H2,(H2,21,22,23). The summed E-state index contributed by atoms with van der Waals surface area (Å²) in [6, 6.07) is 8.50. The maximum Gasteiger partial charge on any atom is 0.222 e. The summed E-state index contributed by atoms with van der Waals surface area (Å²) in [5.74, 6) is 1.41. The highest BCUT2D eigenvalue weighted by Crippen LogP contribution is 2.36. The molecule has 6 heteroatoms. The SMILES string of the molecule is NCCCN1CCN(c2nc(N)nc3c2CCc2ccccc2-3)CC1. The maximum atomic E-state index is 6.07. The minimum absolute atomic E-state index is 0.371. The molecular formula is C19H26N6. The zero-order valence-electron chi connectivity index (χ0n) is 14.6. The number of rotatable bonds is 4. The van der Waals surface area contributed by atoms with E-state index in [2.05, 4.69) is 44.0 Å². The summed E-state index contributed by atoms with van der Waals surface area (Å²) in [7, 11) is 0. The highest BCUT2D eigenvalue weighted by Gasteiger charge is 2.26. The second-order valence-corrected chi connectivity index (χ2v) is 6.86. The molecule has 0 saturated carbocycles. The van der Waals surface area contributed by atoms with E-state index in [1.807, 2.05) is 0 Å². The molecule has 0 amide bonds. The Morgan fingerprint density at radius 1 is 1.00 bits per heavy atom. The first-order valence-corrected chi connectivity index (χ1v) is 9.18. The lowest BCUT2D eigenvalue weighted by Crippen LogP contribution is -2.47. The minimum atomic E-state index is 0.371. The van der Waals surface area contributed by atoms with Crippen LogP contribution >= 0.6 is 0 Å². The van der Waals surface area contributed by atoms with E-state index in [4.69, 9.17) is 11.5 Å². The van der Waals surface area contributed by atoms with Gasteiger partial charge in [-0.15, -0.1) is 0 Å². The van der Waals surface area contributed by atoms with Gasteiger partial charge in [0.15, 0.2) is 0 Å². The molecule has 2 heterocycles. The molecule has 6 nitrogen and oxygen atoms in total. The lowest BCUT2D eigenvalue weighted by atomic mass is 9.89. The van der Waals surface area contributed by atoms with E-state index < -0.39 is 0 Å². The molecule has 2 aromatic rings. The van der Waals surface area contributed by atoms with Gasteiger partial charge in [0.25, 0.3) is 0 Å². The van der Waals surface area contributed by atoms with Crippen LogP contribution in [0.4, 0.5) is 11.8 Å². The number of aryl methyl sites for hydroxylation is 1. The molecule has 0 radical (unpaired) electrons. The molecule has 2 aliphatic rings. The van der Waals surface area contributed by atoms with Gasteiger partial charge in [-0.1, -0.05) is 24.3 Å². The summed E-state index contributed by atoms with van der Waals surface area (Å²) in [4.78, 5) is 14.1. The first-order chi connectivity index (χ1) is 12.3. The van der Waals surface area contributed by atoms with Crippen LogP contribution in [-0.2, 0) is 12.8 Å². The second-order valence-electron chi connectivity index (χ2n) is 6.86. The van der Waals surface area contributed by atoms with E-state index in [0.29, 0.717) is 5.95 Å². The van der Waals surface area contributed by atoms with Gasteiger partial charge < -0.3 is 16.4 Å². The second kappa shape index (κ2) is 6.98. The summed E-state index contributed by atoms with van der Waals surface area (Å²) in [6.07, 6.45) is 3.09. The van der Waals surface area contributed by atoms with Gasteiger partial charge in [-0.05, 0) is 37.9 Å². The fourth-order valence-corrected chi connectivity index (χ4v) is 3.93. The molecule has 1 aromatic heterocycles. The lowest BCUT2D eigenvalue weighted by molar-refractivity contribution is 0.255. The molecule has 1 saturated heterocycles. The summed E-state index contributed by atoms with van der Waals surface area (Å²) in [5.41, 5.74) is 16.5. The minimum Gasteiger partial charge on any atom is -0.368 e. The molecule has 4 rings (SSSR count). The van der Waals surface area contributed by atoms with Gasteiger partial charge in [0, 0.05) is 37.3 Å². The van der Waals surface area contributed by atoms with Gasteiger partial charge >= 0.3 is 0 Å². The average molecular weight is 338 g/mol. The fraction of sp³-hybridized carbons (Fsp3) is 0.474. The number of anilines is 2. The number of aromatic nitrogens is 2. The molecule has 132 valence electrons. The number of benzene rings is 1. The maximum absolute atomic E-state index is 6.07. The Morgan fingerprint density at radius 3 is 2.60 bits per heavy atom. The van der Waals surface area contributed by atoms with Gasteiger partial charge in [0.2, 0.25) is 5.95 Å². The molecule has 1 aliphatic heterocycles. The van der Waals surface area contributed by atoms with E-state index in [-0.39, 0.29) is 0 Å². The van der Waals surface area contributed by atoms with Crippen molar-refractivity contribution in [3.63, 3.8) is 0 Å². The van der Waals surface area contributed by atoms with Gasteiger partial charge in [0.1, 0.15) is 5.82 Å². The number of fused-ring (bicyclic) bond motifs is 3. The third-order valence-electron chi connectivity index (χ3n) is 5.27. The number of piperazine rings is 1. The molecule has 1 fully saturated rings. The highest BCUT2D eigenvalue weighted by atomic mass is 15.3. The van der Waals surface area contributed by atoms with Gasteiger partial charge in [-0.2, -0.15) is 4.98 Å². The molecule has 0 atom stereocenters. The van der Waals surface area contributed by atoms with Crippen LogP contribution in [0.5, 0.6) is 0 Å². The predicted molar refractivity (Wildman–Crippen MR) is 102 cm³/mol. The van der Waals surface area contributed by atoms with Crippen LogP contribution < -0.4 is 16.4 Å². The number of nitrogens with zero attached hydrogens (tertiary/aromatic N) is 4. The van der Waals surface area contributed by atoms with Crippen LogP contribution in [0.25, 0.3) is 11.3 Å². The lowest BCUT2D eigenvalue weighted by Gasteiger charge is -2.37. The molecule has 1 aliphatic carbocycles. The van der Waals surface area contributed by atoms with Crippen molar-refractivity contribution in [3.8, 4) is 11.3 Å². The van der Waals surface area contributed by atoms with Gasteiger partial charge in [0.05, 0.1) is 5.69 Å².